The molecule has 2 fully saturated rings. The lowest BCUT2D eigenvalue weighted by molar-refractivity contribution is 0.226. The minimum absolute atomic E-state index is 0.789. The second kappa shape index (κ2) is 2.80. The second-order valence-corrected chi connectivity index (χ2v) is 4.59. The Morgan fingerprint density at radius 2 is 2.45 bits per heavy atom. The SMILES string of the molecule is CCCC12C[CH]CC(CC1)C2. The molecule has 0 aromatic carbocycles. The van der Waals surface area contributed by atoms with Gasteiger partial charge in [-0.3, -0.25) is 0 Å². The highest BCUT2D eigenvalue weighted by Crippen LogP contribution is 2.53. The van der Waals surface area contributed by atoms with Crippen molar-refractivity contribution in [1.29, 1.82) is 0 Å². The number of hydrogen-bond donors (Lipinski definition) is 0. The van der Waals surface area contributed by atoms with Gasteiger partial charge in [0.2, 0.25) is 0 Å². The molecule has 0 N–H and O–H groups in total. The minimum Gasteiger partial charge on any atom is -0.0654 e. The quantitative estimate of drug-likeness (QED) is 0.566. The highest BCUT2D eigenvalue weighted by molar-refractivity contribution is 4.98. The maximum Gasteiger partial charge on any atom is -0.0292 e. The summed E-state index contributed by atoms with van der Waals surface area (Å²) in [6, 6.07) is 0. The maximum absolute atomic E-state index is 2.55. The molecule has 0 aliphatic heterocycles. The van der Waals surface area contributed by atoms with Crippen molar-refractivity contribution >= 4 is 0 Å². The van der Waals surface area contributed by atoms with Crippen LogP contribution in [0.2, 0.25) is 0 Å². The fourth-order valence-electron chi connectivity index (χ4n) is 3.20. The Bertz CT molecular complexity index is 129. The molecular weight excluding hydrogens is 132 g/mol. The third-order valence-corrected chi connectivity index (χ3v) is 3.66. The van der Waals surface area contributed by atoms with E-state index in [0.717, 1.165) is 11.3 Å². The number of hydrogen-bond acceptors (Lipinski definition) is 0. The second-order valence-electron chi connectivity index (χ2n) is 4.59. The van der Waals surface area contributed by atoms with E-state index in [-0.39, 0.29) is 0 Å². The molecule has 0 saturated heterocycles. The largest absolute Gasteiger partial charge is 0.0654 e. The van der Waals surface area contributed by atoms with Gasteiger partial charge in [0, 0.05) is 0 Å². The Morgan fingerprint density at radius 1 is 1.55 bits per heavy atom. The molecule has 11 heavy (non-hydrogen) atoms. The van der Waals surface area contributed by atoms with Crippen LogP contribution in [0.4, 0.5) is 0 Å². The van der Waals surface area contributed by atoms with E-state index in [4.69, 9.17) is 0 Å². The lowest BCUT2D eigenvalue weighted by Gasteiger charge is -2.32. The molecule has 2 unspecified atom stereocenters. The van der Waals surface area contributed by atoms with Crippen LogP contribution in [0.25, 0.3) is 0 Å². The van der Waals surface area contributed by atoms with Crippen molar-refractivity contribution in [3.8, 4) is 0 Å². The van der Waals surface area contributed by atoms with Crippen molar-refractivity contribution in [1.82, 2.24) is 0 Å². The summed E-state index contributed by atoms with van der Waals surface area (Å²) < 4.78 is 0. The highest BCUT2D eigenvalue weighted by atomic mass is 14.5. The molecule has 2 bridgehead atoms. The van der Waals surface area contributed by atoms with E-state index in [1.54, 1.807) is 6.42 Å². The Kier molecular flexibility index (Phi) is 1.95. The lowest BCUT2D eigenvalue weighted by Crippen LogP contribution is -2.20. The smallest absolute Gasteiger partial charge is 0.0292 e. The van der Waals surface area contributed by atoms with Crippen molar-refractivity contribution in [3.63, 3.8) is 0 Å². The molecule has 2 atom stereocenters. The first-order chi connectivity index (χ1) is 5.35. The van der Waals surface area contributed by atoms with Gasteiger partial charge in [-0.15, -0.1) is 0 Å². The van der Waals surface area contributed by atoms with Gasteiger partial charge in [-0.2, -0.15) is 0 Å². The molecule has 63 valence electrons. The molecule has 2 aliphatic carbocycles. The Hall–Kier alpha value is 0. The predicted molar refractivity (Wildman–Crippen MR) is 48.2 cm³/mol. The van der Waals surface area contributed by atoms with Crippen molar-refractivity contribution in [2.24, 2.45) is 11.3 Å². The van der Waals surface area contributed by atoms with Crippen molar-refractivity contribution in [2.75, 3.05) is 0 Å². The lowest BCUT2D eigenvalue weighted by atomic mass is 9.73. The van der Waals surface area contributed by atoms with E-state index in [1.165, 1.54) is 38.5 Å². The van der Waals surface area contributed by atoms with Crippen LogP contribution in [0.5, 0.6) is 0 Å². The molecule has 1 radical (unpaired) electrons. The van der Waals surface area contributed by atoms with Crippen LogP contribution >= 0.6 is 0 Å². The minimum atomic E-state index is 0.789. The molecule has 0 amide bonds. The highest BCUT2D eigenvalue weighted by Gasteiger charge is 2.40. The molecule has 0 aromatic rings. The molecule has 0 heteroatoms. The summed E-state index contributed by atoms with van der Waals surface area (Å²) in [7, 11) is 0. The van der Waals surface area contributed by atoms with Crippen LogP contribution in [0.15, 0.2) is 0 Å². The fourth-order valence-corrected chi connectivity index (χ4v) is 3.20. The van der Waals surface area contributed by atoms with Crippen LogP contribution in [-0.2, 0) is 0 Å². The zero-order valence-corrected chi connectivity index (χ0v) is 7.60. The third kappa shape index (κ3) is 1.32. The van der Waals surface area contributed by atoms with Gasteiger partial charge in [0.05, 0.1) is 0 Å². The molecule has 2 rings (SSSR count). The van der Waals surface area contributed by atoms with E-state index in [0.29, 0.717) is 0 Å². The van der Waals surface area contributed by atoms with Gasteiger partial charge < -0.3 is 0 Å². The summed E-state index contributed by atoms with van der Waals surface area (Å²) in [6.45, 7) is 2.33. The van der Waals surface area contributed by atoms with Crippen LogP contribution in [0.3, 0.4) is 0 Å². The topological polar surface area (TPSA) is 0 Å². The Morgan fingerprint density at radius 3 is 3.27 bits per heavy atom. The molecule has 2 saturated carbocycles. The summed E-state index contributed by atoms with van der Waals surface area (Å²) in [4.78, 5) is 0. The fraction of sp³-hybridized carbons (Fsp3) is 0.909. The molecule has 2 aliphatic rings. The van der Waals surface area contributed by atoms with Gasteiger partial charge >= 0.3 is 0 Å². The molecular formula is C11H19. The average Bonchev–Trinajstić information content (AvgIpc) is 2.28. The predicted octanol–water partition coefficient (Wildman–Crippen LogP) is 3.57. The van der Waals surface area contributed by atoms with Crippen LogP contribution in [0, 0.1) is 17.8 Å². The van der Waals surface area contributed by atoms with E-state index >= 15 is 0 Å². The van der Waals surface area contributed by atoms with E-state index in [2.05, 4.69) is 13.3 Å². The van der Waals surface area contributed by atoms with Crippen LogP contribution < -0.4 is 0 Å². The zero-order chi connectivity index (χ0) is 7.73. The normalized spacial score (nSPS) is 42.8. The van der Waals surface area contributed by atoms with E-state index < -0.39 is 0 Å². The first-order valence-corrected chi connectivity index (χ1v) is 5.16. The summed E-state index contributed by atoms with van der Waals surface area (Å²) in [5, 5.41) is 0. The summed E-state index contributed by atoms with van der Waals surface area (Å²) >= 11 is 0. The van der Waals surface area contributed by atoms with E-state index in [1.807, 2.05) is 0 Å². The summed E-state index contributed by atoms with van der Waals surface area (Å²) in [6.07, 6.45) is 12.9. The third-order valence-electron chi connectivity index (χ3n) is 3.66. The maximum atomic E-state index is 2.55. The average molecular weight is 151 g/mol. The van der Waals surface area contributed by atoms with Crippen molar-refractivity contribution < 1.29 is 0 Å². The Balaban J connectivity index is 2.01. The number of rotatable bonds is 2. The van der Waals surface area contributed by atoms with E-state index in [9.17, 15) is 0 Å². The van der Waals surface area contributed by atoms with Crippen molar-refractivity contribution in [3.05, 3.63) is 6.42 Å². The molecule has 0 heterocycles. The van der Waals surface area contributed by atoms with Crippen LogP contribution in [-0.4, -0.2) is 0 Å². The molecule has 0 spiro atoms. The van der Waals surface area contributed by atoms with Gasteiger partial charge in [-0.1, -0.05) is 13.3 Å². The first-order valence-electron chi connectivity index (χ1n) is 5.16. The Labute approximate surface area is 70.4 Å². The van der Waals surface area contributed by atoms with Gasteiger partial charge in [0.1, 0.15) is 0 Å². The first kappa shape index (κ1) is 7.64. The van der Waals surface area contributed by atoms with Gasteiger partial charge in [-0.25, -0.2) is 0 Å². The van der Waals surface area contributed by atoms with Gasteiger partial charge in [0.25, 0.3) is 0 Å². The van der Waals surface area contributed by atoms with Crippen LogP contribution in [0.1, 0.15) is 51.9 Å². The molecule has 0 nitrogen and oxygen atoms in total. The summed E-state index contributed by atoms with van der Waals surface area (Å²) in [5.41, 5.74) is 0.789. The zero-order valence-electron chi connectivity index (χ0n) is 7.60. The van der Waals surface area contributed by atoms with Gasteiger partial charge in [0.15, 0.2) is 0 Å². The standard InChI is InChI=1S/C11H19/c1-2-6-11-7-3-4-10(9-11)5-8-11/h3,10H,2,4-9H2,1H3. The number of fused-ring (bicyclic) bond motifs is 2. The van der Waals surface area contributed by atoms with Crippen molar-refractivity contribution in [2.45, 2.75) is 51.9 Å². The molecule has 0 aromatic heterocycles. The van der Waals surface area contributed by atoms with Gasteiger partial charge in [-0.05, 0) is 56.3 Å². The summed E-state index contributed by atoms with van der Waals surface area (Å²) in [5.74, 6) is 1.08. The monoisotopic (exact) mass is 151 g/mol.